The van der Waals surface area contributed by atoms with Crippen molar-refractivity contribution in [3.8, 4) is 0 Å². The zero-order valence-corrected chi connectivity index (χ0v) is 7.87. The summed E-state index contributed by atoms with van der Waals surface area (Å²) < 4.78 is 0. The molecule has 1 atom stereocenters. The second-order valence-corrected chi connectivity index (χ2v) is 3.43. The number of ketones is 2. The summed E-state index contributed by atoms with van der Waals surface area (Å²) in [6.07, 6.45) is 0.433. The van der Waals surface area contributed by atoms with E-state index in [1.165, 1.54) is 11.8 Å². The van der Waals surface area contributed by atoms with Crippen molar-refractivity contribution >= 4 is 17.5 Å². The molecule has 1 rings (SSSR count). The summed E-state index contributed by atoms with van der Waals surface area (Å²) in [5.41, 5.74) is 0. The van der Waals surface area contributed by atoms with E-state index in [1.54, 1.807) is 7.05 Å². The van der Waals surface area contributed by atoms with E-state index < -0.39 is 5.92 Å². The molecule has 0 aromatic rings. The maximum atomic E-state index is 11.4. The minimum Gasteiger partial charge on any atom is -0.345 e. The SMILES string of the molecule is CC(=O)CC1C(=O)CCN(C)C1=O. The highest BCUT2D eigenvalue weighted by Crippen LogP contribution is 2.16. The van der Waals surface area contributed by atoms with E-state index in [-0.39, 0.29) is 23.9 Å². The predicted molar refractivity (Wildman–Crippen MR) is 46.0 cm³/mol. The van der Waals surface area contributed by atoms with Crippen LogP contribution in [-0.2, 0) is 14.4 Å². The van der Waals surface area contributed by atoms with Gasteiger partial charge in [-0.1, -0.05) is 0 Å². The molecule has 1 aliphatic rings. The molecule has 72 valence electrons. The number of likely N-dealkylation sites (tertiary alicyclic amines) is 1. The quantitative estimate of drug-likeness (QED) is 0.567. The Hall–Kier alpha value is -1.19. The lowest BCUT2D eigenvalue weighted by Crippen LogP contribution is -2.44. The van der Waals surface area contributed by atoms with Crippen LogP contribution in [0.1, 0.15) is 19.8 Å². The molecule has 0 aromatic heterocycles. The lowest BCUT2D eigenvalue weighted by molar-refractivity contribution is -0.146. The third-order valence-corrected chi connectivity index (χ3v) is 2.25. The third kappa shape index (κ3) is 2.14. The van der Waals surface area contributed by atoms with Crippen LogP contribution in [0.15, 0.2) is 0 Å². The summed E-state index contributed by atoms with van der Waals surface area (Å²) in [4.78, 5) is 35.0. The molecule has 4 heteroatoms. The van der Waals surface area contributed by atoms with Gasteiger partial charge in [0.15, 0.2) is 0 Å². The van der Waals surface area contributed by atoms with E-state index in [1.807, 2.05) is 0 Å². The molecule has 1 aliphatic heterocycles. The van der Waals surface area contributed by atoms with Crippen LogP contribution >= 0.6 is 0 Å². The van der Waals surface area contributed by atoms with Crippen LogP contribution < -0.4 is 0 Å². The Morgan fingerprint density at radius 1 is 1.54 bits per heavy atom. The zero-order valence-electron chi connectivity index (χ0n) is 7.87. The summed E-state index contributed by atoms with van der Waals surface area (Å²) in [6.45, 7) is 1.88. The first-order valence-electron chi connectivity index (χ1n) is 4.29. The topological polar surface area (TPSA) is 54.5 Å². The van der Waals surface area contributed by atoms with Crippen LogP contribution in [0.4, 0.5) is 0 Å². The molecule has 0 radical (unpaired) electrons. The van der Waals surface area contributed by atoms with Crippen molar-refractivity contribution in [1.29, 1.82) is 0 Å². The molecule has 1 fully saturated rings. The van der Waals surface area contributed by atoms with E-state index in [0.717, 1.165) is 0 Å². The van der Waals surface area contributed by atoms with Gasteiger partial charge in [-0.2, -0.15) is 0 Å². The molecule has 1 unspecified atom stereocenters. The van der Waals surface area contributed by atoms with E-state index in [9.17, 15) is 14.4 Å². The van der Waals surface area contributed by atoms with Crippen molar-refractivity contribution in [2.45, 2.75) is 19.8 Å². The van der Waals surface area contributed by atoms with Crippen LogP contribution in [0.25, 0.3) is 0 Å². The van der Waals surface area contributed by atoms with Crippen molar-refractivity contribution in [2.75, 3.05) is 13.6 Å². The van der Waals surface area contributed by atoms with Gasteiger partial charge in [0.25, 0.3) is 0 Å². The molecule has 0 aliphatic carbocycles. The number of carbonyl (C=O) groups excluding carboxylic acids is 3. The molecule has 4 nitrogen and oxygen atoms in total. The molecule has 0 spiro atoms. The van der Waals surface area contributed by atoms with Crippen molar-refractivity contribution in [3.05, 3.63) is 0 Å². The maximum absolute atomic E-state index is 11.4. The number of Topliss-reactive ketones (excluding diaryl/α,β-unsaturated/α-hetero) is 2. The smallest absolute Gasteiger partial charge is 0.233 e. The largest absolute Gasteiger partial charge is 0.345 e. The average Bonchev–Trinajstić information content (AvgIpc) is 2.05. The minimum absolute atomic E-state index is 0.0575. The van der Waals surface area contributed by atoms with Gasteiger partial charge in [0, 0.05) is 26.4 Å². The first-order valence-corrected chi connectivity index (χ1v) is 4.29. The third-order valence-electron chi connectivity index (χ3n) is 2.25. The number of carbonyl (C=O) groups is 3. The van der Waals surface area contributed by atoms with Crippen LogP contribution in [0, 0.1) is 5.92 Å². The molecular formula is C9H13NO3. The van der Waals surface area contributed by atoms with Crippen LogP contribution in [0.5, 0.6) is 0 Å². The van der Waals surface area contributed by atoms with E-state index in [4.69, 9.17) is 0 Å². The molecule has 1 saturated heterocycles. The number of rotatable bonds is 2. The van der Waals surface area contributed by atoms with Gasteiger partial charge >= 0.3 is 0 Å². The fourth-order valence-electron chi connectivity index (χ4n) is 1.45. The normalized spacial score (nSPS) is 23.5. The van der Waals surface area contributed by atoms with Crippen molar-refractivity contribution in [3.63, 3.8) is 0 Å². The van der Waals surface area contributed by atoms with Crippen LogP contribution in [0.2, 0.25) is 0 Å². The second-order valence-electron chi connectivity index (χ2n) is 3.43. The van der Waals surface area contributed by atoms with Crippen LogP contribution in [0.3, 0.4) is 0 Å². The summed E-state index contributed by atoms with van der Waals surface area (Å²) >= 11 is 0. The Bertz CT molecular complexity index is 260. The van der Waals surface area contributed by atoms with Crippen molar-refractivity contribution in [1.82, 2.24) is 4.90 Å². The molecule has 1 amide bonds. The Balaban J connectivity index is 2.72. The Morgan fingerprint density at radius 3 is 2.69 bits per heavy atom. The van der Waals surface area contributed by atoms with E-state index in [0.29, 0.717) is 13.0 Å². The summed E-state index contributed by atoms with van der Waals surface area (Å²) in [7, 11) is 1.65. The van der Waals surface area contributed by atoms with Crippen molar-refractivity contribution < 1.29 is 14.4 Å². The molecular weight excluding hydrogens is 170 g/mol. The first kappa shape index (κ1) is 9.89. The van der Waals surface area contributed by atoms with Gasteiger partial charge in [-0.3, -0.25) is 14.4 Å². The van der Waals surface area contributed by atoms with Gasteiger partial charge in [-0.15, -0.1) is 0 Å². The Morgan fingerprint density at radius 2 is 2.15 bits per heavy atom. The monoisotopic (exact) mass is 183 g/mol. The minimum atomic E-state index is -0.712. The Kier molecular flexibility index (Phi) is 2.80. The average molecular weight is 183 g/mol. The van der Waals surface area contributed by atoms with Gasteiger partial charge in [-0.25, -0.2) is 0 Å². The number of piperidine rings is 1. The van der Waals surface area contributed by atoms with Gasteiger partial charge in [0.2, 0.25) is 5.91 Å². The lowest BCUT2D eigenvalue weighted by atomic mass is 9.91. The molecule has 0 aromatic carbocycles. The number of amides is 1. The zero-order chi connectivity index (χ0) is 10.0. The van der Waals surface area contributed by atoms with Crippen LogP contribution in [-0.4, -0.2) is 36.0 Å². The molecule has 0 N–H and O–H groups in total. The highest BCUT2D eigenvalue weighted by atomic mass is 16.2. The lowest BCUT2D eigenvalue weighted by Gasteiger charge is -2.27. The number of hydrogen-bond donors (Lipinski definition) is 0. The fraction of sp³-hybridized carbons (Fsp3) is 0.667. The van der Waals surface area contributed by atoms with Gasteiger partial charge in [0.1, 0.15) is 17.5 Å². The molecule has 1 heterocycles. The highest BCUT2D eigenvalue weighted by Gasteiger charge is 2.33. The van der Waals surface area contributed by atoms with Gasteiger partial charge in [0.05, 0.1) is 0 Å². The summed E-state index contributed by atoms with van der Waals surface area (Å²) in [5.74, 6) is -1.14. The maximum Gasteiger partial charge on any atom is 0.233 e. The summed E-state index contributed by atoms with van der Waals surface area (Å²) in [6, 6.07) is 0. The predicted octanol–water partition coefficient (Wildman–Crippen LogP) is 0.0129. The standard InChI is InChI=1S/C9H13NO3/c1-6(11)5-7-8(12)3-4-10(2)9(7)13/h7H,3-5H2,1-2H3. The van der Waals surface area contributed by atoms with Gasteiger partial charge in [-0.05, 0) is 6.92 Å². The van der Waals surface area contributed by atoms with Gasteiger partial charge < -0.3 is 4.90 Å². The van der Waals surface area contributed by atoms with Crippen molar-refractivity contribution in [2.24, 2.45) is 5.92 Å². The number of hydrogen-bond acceptors (Lipinski definition) is 3. The first-order chi connectivity index (χ1) is 6.02. The fourth-order valence-corrected chi connectivity index (χ4v) is 1.45. The Labute approximate surface area is 76.9 Å². The summed E-state index contributed by atoms with van der Waals surface area (Å²) in [5, 5.41) is 0. The molecule has 13 heavy (non-hydrogen) atoms. The highest BCUT2D eigenvalue weighted by molar-refractivity contribution is 6.05. The van der Waals surface area contributed by atoms with E-state index in [2.05, 4.69) is 0 Å². The second kappa shape index (κ2) is 3.68. The molecule has 0 bridgehead atoms. The van der Waals surface area contributed by atoms with E-state index >= 15 is 0 Å². The number of nitrogens with zero attached hydrogens (tertiary/aromatic N) is 1. The molecule has 0 saturated carbocycles.